The van der Waals surface area contributed by atoms with Gasteiger partial charge in [0.15, 0.2) is 0 Å². The molecule has 6 heteroatoms. The highest BCUT2D eigenvalue weighted by Crippen LogP contribution is 2.51. The second-order valence-electron chi connectivity index (χ2n) is 10.9. The van der Waals surface area contributed by atoms with Crippen LogP contribution in [-0.4, -0.2) is 36.4 Å². The Bertz CT molecular complexity index is 974. The molecule has 2 atom stereocenters. The summed E-state index contributed by atoms with van der Waals surface area (Å²) in [5.41, 5.74) is 4.49. The lowest BCUT2D eigenvalue weighted by atomic mass is 9.62. The van der Waals surface area contributed by atoms with E-state index in [1.807, 2.05) is 10.9 Å². The van der Waals surface area contributed by atoms with Crippen molar-refractivity contribution in [2.75, 3.05) is 13.2 Å². The topological polar surface area (TPSA) is 47.3 Å². The quantitative estimate of drug-likeness (QED) is 0.600. The molecule has 4 rings (SSSR count). The van der Waals surface area contributed by atoms with Gasteiger partial charge in [0.1, 0.15) is 5.82 Å². The van der Waals surface area contributed by atoms with Gasteiger partial charge in [-0.3, -0.25) is 0 Å². The van der Waals surface area contributed by atoms with E-state index in [2.05, 4.69) is 45.0 Å². The number of hydrogen-bond acceptors (Lipinski definition) is 3. The number of aliphatic hydroxyl groups is 1. The van der Waals surface area contributed by atoms with E-state index in [4.69, 9.17) is 4.43 Å². The molecule has 0 saturated heterocycles. The largest absolute Gasteiger partial charge is 0.564 e. The molecule has 169 valence electrons. The number of benzene rings is 1. The van der Waals surface area contributed by atoms with Crippen LogP contribution in [0.2, 0.25) is 18.1 Å². The van der Waals surface area contributed by atoms with Crippen LogP contribution in [0.25, 0.3) is 11.8 Å². The van der Waals surface area contributed by atoms with E-state index in [0.717, 1.165) is 37.1 Å². The van der Waals surface area contributed by atoms with Gasteiger partial charge in [-0.2, -0.15) is 5.10 Å². The van der Waals surface area contributed by atoms with Gasteiger partial charge in [-0.05, 0) is 75.8 Å². The Morgan fingerprint density at radius 3 is 2.61 bits per heavy atom. The number of halogens is 1. The zero-order chi connectivity index (χ0) is 22.4. The first-order valence-electron chi connectivity index (χ1n) is 11.3. The standard InChI is InChI=1S/C25H35FN2O2Si/c1-24(2,3)31(4,5)30-17-25-13-18(16-29)6-7-20(25)12-23-19(14-25)15-27-28(23)22-10-8-21(26)9-11-22/h8-12,15,18,29H,6-7,13-14,16-17H2,1-5H3/q-1/t18-,25+/m1/s1. The summed E-state index contributed by atoms with van der Waals surface area (Å²) in [7, 11) is -1.89. The predicted octanol–water partition coefficient (Wildman–Crippen LogP) is 5.75. The molecule has 2 aromatic rings. The molecule has 0 aliphatic heterocycles. The third-order valence-corrected chi connectivity index (χ3v) is 12.2. The molecule has 4 nitrogen and oxygen atoms in total. The van der Waals surface area contributed by atoms with Crippen molar-refractivity contribution in [1.82, 2.24) is 9.78 Å². The van der Waals surface area contributed by atoms with Gasteiger partial charge in [0.25, 0.3) is 0 Å². The SMILES string of the molecule is CC(C)(C)[Si-](C)(C)OC[C@]12Cc3cnn(-c4ccc(F)cc4)c3C=C1CC[C@@H](CO)C2. The van der Waals surface area contributed by atoms with E-state index >= 15 is 0 Å². The second-order valence-corrected chi connectivity index (χ2v) is 15.7. The van der Waals surface area contributed by atoms with E-state index in [1.54, 1.807) is 12.1 Å². The number of rotatable bonds is 5. The Kier molecular flexibility index (Phi) is 5.77. The van der Waals surface area contributed by atoms with Gasteiger partial charge in [-0.1, -0.05) is 26.3 Å². The first-order valence-corrected chi connectivity index (χ1v) is 14.2. The number of aliphatic hydroxyl groups excluding tert-OH is 1. The molecule has 0 amide bonds. The summed E-state index contributed by atoms with van der Waals surface area (Å²) in [5, 5.41) is 14.7. The summed E-state index contributed by atoms with van der Waals surface area (Å²) in [6.07, 6.45) is 8.04. The number of fused-ring (bicyclic) bond motifs is 2. The monoisotopic (exact) mass is 442 g/mol. The molecule has 0 radical (unpaired) electrons. The normalized spacial score (nSPS) is 23.8. The van der Waals surface area contributed by atoms with Gasteiger partial charge in [0, 0.05) is 18.6 Å². The average Bonchev–Trinajstić information content (AvgIpc) is 3.12. The van der Waals surface area contributed by atoms with E-state index in [-0.39, 0.29) is 22.9 Å². The molecule has 0 unspecified atom stereocenters. The second kappa shape index (κ2) is 7.98. The van der Waals surface area contributed by atoms with Crippen LogP contribution in [0.1, 0.15) is 51.3 Å². The zero-order valence-electron chi connectivity index (χ0n) is 19.4. The predicted molar refractivity (Wildman–Crippen MR) is 125 cm³/mol. The third-order valence-electron chi connectivity index (χ3n) is 7.75. The van der Waals surface area contributed by atoms with E-state index < -0.39 is 8.32 Å². The van der Waals surface area contributed by atoms with Crippen LogP contribution in [0.15, 0.2) is 36.0 Å². The van der Waals surface area contributed by atoms with Crippen LogP contribution in [0, 0.1) is 17.2 Å². The first-order chi connectivity index (χ1) is 14.5. The van der Waals surface area contributed by atoms with Crippen molar-refractivity contribution in [2.45, 2.75) is 64.6 Å². The van der Waals surface area contributed by atoms with Crippen molar-refractivity contribution in [3.63, 3.8) is 0 Å². The summed E-state index contributed by atoms with van der Waals surface area (Å²) in [6, 6.07) is 6.49. The van der Waals surface area contributed by atoms with Gasteiger partial charge in [0.05, 0.1) is 17.6 Å². The lowest BCUT2D eigenvalue weighted by Crippen LogP contribution is -2.47. The molecule has 1 aromatic heterocycles. The minimum absolute atomic E-state index is 0.0785. The smallest absolute Gasteiger partial charge is 0.123 e. The van der Waals surface area contributed by atoms with Crippen molar-refractivity contribution in [3.8, 4) is 5.69 Å². The van der Waals surface area contributed by atoms with E-state index in [9.17, 15) is 9.50 Å². The molecule has 1 heterocycles. The molecule has 1 N–H and O–H groups in total. The minimum Gasteiger partial charge on any atom is -0.564 e. The molecule has 1 fully saturated rings. The first kappa shape index (κ1) is 22.4. The number of hydrogen-bond donors (Lipinski definition) is 1. The Morgan fingerprint density at radius 2 is 1.97 bits per heavy atom. The van der Waals surface area contributed by atoms with Crippen LogP contribution < -0.4 is 0 Å². The highest BCUT2D eigenvalue weighted by Gasteiger charge is 2.44. The number of aromatic nitrogens is 2. The summed E-state index contributed by atoms with van der Waals surface area (Å²) in [6.45, 7) is 12.4. The van der Waals surface area contributed by atoms with Gasteiger partial charge in [-0.25, -0.2) is 9.07 Å². The highest BCUT2D eigenvalue weighted by atomic mass is 28.4. The van der Waals surface area contributed by atoms with Gasteiger partial charge in [-0.15, -0.1) is 18.1 Å². The maximum Gasteiger partial charge on any atom is 0.123 e. The fraction of sp³-hybridized carbons (Fsp3) is 0.560. The minimum atomic E-state index is -1.89. The van der Waals surface area contributed by atoms with Crippen LogP contribution in [0.4, 0.5) is 4.39 Å². The fourth-order valence-corrected chi connectivity index (χ4v) is 5.78. The third kappa shape index (κ3) is 4.17. The Hall–Kier alpha value is -1.76. The maximum absolute atomic E-state index is 13.4. The van der Waals surface area contributed by atoms with Crippen molar-refractivity contribution in [2.24, 2.45) is 11.3 Å². The van der Waals surface area contributed by atoms with Crippen molar-refractivity contribution >= 4 is 14.4 Å². The van der Waals surface area contributed by atoms with Gasteiger partial charge in [0.2, 0.25) is 0 Å². The summed E-state index contributed by atoms with van der Waals surface area (Å²) in [5.74, 6) is 0.0705. The molecule has 1 aromatic carbocycles. The highest BCUT2D eigenvalue weighted by molar-refractivity contribution is 6.74. The van der Waals surface area contributed by atoms with Crippen LogP contribution in [0.3, 0.4) is 0 Å². The van der Waals surface area contributed by atoms with Gasteiger partial charge < -0.3 is 9.53 Å². The lowest BCUT2D eigenvalue weighted by molar-refractivity contribution is 0.0839. The molecule has 0 bridgehead atoms. The zero-order valence-corrected chi connectivity index (χ0v) is 20.4. The van der Waals surface area contributed by atoms with Crippen LogP contribution >= 0.6 is 0 Å². The van der Waals surface area contributed by atoms with Crippen molar-refractivity contribution < 1.29 is 13.9 Å². The number of nitrogens with zero attached hydrogens (tertiary/aromatic N) is 2. The van der Waals surface area contributed by atoms with Crippen LogP contribution in [0.5, 0.6) is 0 Å². The van der Waals surface area contributed by atoms with Gasteiger partial charge >= 0.3 is 0 Å². The Morgan fingerprint density at radius 1 is 1.26 bits per heavy atom. The average molecular weight is 443 g/mol. The molecule has 0 spiro atoms. The summed E-state index contributed by atoms with van der Waals surface area (Å²) >= 11 is 0. The molecular formula is C25H35FN2O2Si-. The summed E-state index contributed by atoms with van der Waals surface area (Å²) in [4.78, 5) is 0. The van der Waals surface area contributed by atoms with Crippen molar-refractivity contribution in [1.29, 1.82) is 0 Å². The van der Waals surface area contributed by atoms with E-state index in [0.29, 0.717) is 12.5 Å². The molecule has 1 saturated carbocycles. The molecule has 2 aliphatic rings. The Balaban J connectivity index is 1.69. The fourth-order valence-electron chi connectivity index (χ4n) is 4.71. The van der Waals surface area contributed by atoms with Crippen LogP contribution in [-0.2, 0) is 10.8 Å². The molecular weight excluding hydrogens is 407 g/mol. The van der Waals surface area contributed by atoms with Crippen molar-refractivity contribution in [3.05, 3.63) is 53.1 Å². The molecule has 31 heavy (non-hydrogen) atoms. The lowest BCUT2D eigenvalue weighted by Gasteiger charge is -2.53. The maximum atomic E-state index is 13.4. The van der Waals surface area contributed by atoms with E-state index in [1.165, 1.54) is 23.3 Å². The molecule has 2 aliphatic carbocycles. The Labute approximate surface area is 186 Å². The summed E-state index contributed by atoms with van der Waals surface area (Å²) < 4.78 is 22.1.